The van der Waals surface area contributed by atoms with Crippen LogP contribution in [0.25, 0.3) is 0 Å². The normalized spacial score (nSPS) is 23.5. The molecule has 0 heterocycles. The van der Waals surface area contributed by atoms with Gasteiger partial charge in [-0.05, 0) is 56.4 Å². The molecule has 3 atom stereocenters. The van der Waals surface area contributed by atoms with Crippen molar-refractivity contribution in [3.63, 3.8) is 0 Å². The number of aliphatic carboxylic acids is 1. The highest BCUT2D eigenvalue weighted by molar-refractivity contribution is 7.89. The summed E-state index contributed by atoms with van der Waals surface area (Å²) >= 11 is 0. The quantitative estimate of drug-likeness (QED) is 0.447. The van der Waals surface area contributed by atoms with Crippen LogP contribution in [0.3, 0.4) is 0 Å². The molecule has 1 aliphatic carbocycles. The first-order chi connectivity index (χ1) is 12.3. The molecule has 0 saturated heterocycles. The molecule has 1 aromatic rings. The number of allylic oxidation sites excluding steroid dienone is 2. The molecule has 2 rings (SSSR count). The van der Waals surface area contributed by atoms with Crippen LogP contribution in [0.4, 0.5) is 4.39 Å². The molecule has 0 bridgehead atoms. The number of hydrogen-bond donors (Lipinski definition) is 3. The van der Waals surface area contributed by atoms with Crippen molar-refractivity contribution in [1.82, 2.24) is 4.72 Å². The van der Waals surface area contributed by atoms with Gasteiger partial charge in [0.15, 0.2) is 0 Å². The highest BCUT2D eigenvalue weighted by Crippen LogP contribution is 2.30. The van der Waals surface area contributed by atoms with Crippen LogP contribution in [0, 0.1) is 11.7 Å². The Balaban J connectivity index is 1.94. The van der Waals surface area contributed by atoms with Crippen molar-refractivity contribution in [2.75, 3.05) is 0 Å². The molecule has 1 fully saturated rings. The van der Waals surface area contributed by atoms with E-state index in [2.05, 4.69) is 4.72 Å². The minimum absolute atomic E-state index is 0.0109. The second-order valence-electron chi connectivity index (χ2n) is 6.48. The van der Waals surface area contributed by atoms with E-state index in [9.17, 15) is 22.7 Å². The molecular formula is C18H24FNO5S. The Bertz CT molecular complexity index is 732. The summed E-state index contributed by atoms with van der Waals surface area (Å²) in [6.45, 7) is 0. The number of benzene rings is 1. The number of rotatable bonds is 9. The number of sulfonamides is 1. The molecule has 8 heteroatoms. The van der Waals surface area contributed by atoms with Crippen LogP contribution in [0.5, 0.6) is 0 Å². The van der Waals surface area contributed by atoms with Gasteiger partial charge >= 0.3 is 5.97 Å². The Morgan fingerprint density at radius 3 is 2.58 bits per heavy atom. The van der Waals surface area contributed by atoms with Crippen LogP contribution in [-0.2, 0) is 14.8 Å². The van der Waals surface area contributed by atoms with Crippen LogP contribution in [-0.4, -0.2) is 36.7 Å². The van der Waals surface area contributed by atoms with Gasteiger partial charge in [-0.25, -0.2) is 17.5 Å². The smallest absolute Gasteiger partial charge is 0.303 e. The summed E-state index contributed by atoms with van der Waals surface area (Å²) in [6, 6.07) is 4.20. The molecule has 1 aromatic carbocycles. The zero-order chi connectivity index (χ0) is 19.2. The average Bonchev–Trinajstić information content (AvgIpc) is 2.90. The van der Waals surface area contributed by atoms with Crippen molar-refractivity contribution in [2.45, 2.75) is 55.6 Å². The maximum atomic E-state index is 13.0. The van der Waals surface area contributed by atoms with Gasteiger partial charge in [-0.2, -0.15) is 0 Å². The summed E-state index contributed by atoms with van der Waals surface area (Å²) in [5.41, 5.74) is 0. The zero-order valence-corrected chi connectivity index (χ0v) is 15.2. The van der Waals surface area contributed by atoms with Gasteiger partial charge in [-0.3, -0.25) is 4.79 Å². The highest BCUT2D eigenvalue weighted by Gasteiger charge is 2.36. The van der Waals surface area contributed by atoms with Crippen LogP contribution in [0.15, 0.2) is 41.3 Å². The molecular weight excluding hydrogens is 361 g/mol. The highest BCUT2D eigenvalue weighted by atomic mass is 32.2. The van der Waals surface area contributed by atoms with Gasteiger partial charge < -0.3 is 10.2 Å². The van der Waals surface area contributed by atoms with Crippen molar-refractivity contribution in [3.8, 4) is 0 Å². The number of carboxylic acids is 1. The van der Waals surface area contributed by atoms with Crippen LogP contribution in [0.1, 0.15) is 38.5 Å². The fourth-order valence-electron chi connectivity index (χ4n) is 3.14. The fraction of sp³-hybridized carbons (Fsp3) is 0.500. The lowest BCUT2D eigenvalue weighted by atomic mass is 9.98. The van der Waals surface area contributed by atoms with E-state index in [1.807, 2.05) is 12.2 Å². The minimum atomic E-state index is -3.78. The number of hydrogen-bond acceptors (Lipinski definition) is 4. The van der Waals surface area contributed by atoms with Gasteiger partial charge in [0, 0.05) is 18.4 Å². The third-order valence-corrected chi connectivity index (χ3v) is 6.06. The maximum Gasteiger partial charge on any atom is 0.303 e. The first kappa shape index (κ1) is 20.5. The van der Waals surface area contributed by atoms with E-state index >= 15 is 0 Å². The summed E-state index contributed by atoms with van der Waals surface area (Å²) in [6.07, 6.45) is 5.94. The monoisotopic (exact) mass is 385 g/mol. The Labute approximate surface area is 152 Å². The van der Waals surface area contributed by atoms with Crippen LogP contribution < -0.4 is 4.72 Å². The largest absolute Gasteiger partial charge is 0.481 e. The molecule has 1 saturated carbocycles. The molecule has 0 aliphatic heterocycles. The number of nitrogens with one attached hydrogen (secondary N) is 1. The fourth-order valence-corrected chi connectivity index (χ4v) is 4.46. The molecule has 0 aromatic heterocycles. The van der Waals surface area contributed by atoms with Gasteiger partial charge in [-0.1, -0.05) is 12.2 Å². The summed E-state index contributed by atoms with van der Waals surface area (Å²) in [7, 11) is -3.78. The van der Waals surface area contributed by atoms with Crippen LogP contribution in [0.2, 0.25) is 0 Å². The summed E-state index contributed by atoms with van der Waals surface area (Å²) in [5.74, 6) is -1.59. The van der Waals surface area contributed by atoms with Crippen molar-refractivity contribution < 1.29 is 27.8 Å². The zero-order valence-electron chi connectivity index (χ0n) is 14.3. The van der Waals surface area contributed by atoms with E-state index in [0.29, 0.717) is 32.1 Å². The first-order valence-corrected chi connectivity index (χ1v) is 10.1. The van der Waals surface area contributed by atoms with E-state index in [0.717, 1.165) is 12.1 Å². The maximum absolute atomic E-state index is 13.0. The van der Waals surface area contributed by atoms with E-state index in [-0.39, 0.29) is 17.2 Å². The van der Waals surface area contributed by atoms with E-state index in [1.54, 1.807) is 0 Å². The topological polar surface area (TPSA) is 104 Å². The Morgan fingerprint density at radius 2 is 1.92 bits per heavy atom. The molecule has 0 unspecified atom stereocenters. The van der Waals surface area contributed by atoms with Crippen LogP contribution >= 0.6 is 0 Å². The van der Waals surface area contributed by atoms with Crippen molar-refractivity contribution in [3.05, 3.63) is 42.2 Å². The Morgan fingerprint density at radius 1 is 1.23 bits per heavy atom. The Hall–Kier alpha value is -1.77. The number of aliphatic hydroxyl groups excluding tert-OH is 1. The molecule has 6 nitrogen and oxygen atoms in total. The molecule has 1 aliphatic rings. The van der Waals surface area contributed by atoms with E-state index in [1.165, 1.54) is 12.1 Å². The summed E-state index contributed by atoms with van der Waals surface area (Å²) in [5, 5.41) is 18.7. The SMILES string of the molecule is O=C(O)CCC/C=C\C[C@@H]1[C@@H](NS(=O)(=O)c2ccc(F)cc2)CC[C@@H]1O. The van der Waals surface area contributed by atoms with E-state index in [4.69, 9.17) is 5.11 Å². The molecule has 3 N–H and O–H groups in total. The standard InChI is InChI=1S/C18H24FNO5S/c19-13-7-9-14(10-8-13)26(24,25)20-16-11-12-17(21)15(16)5-3-1-2-4-6-18(22)23/h1,3,7-10,15-17,20-21H,2,4-6,11-12H2,(H,22,23)/b3-1-/t15-,16+,17+/m1/s1. The number of aliphatic hydroxyl groups is 1. The minimum Gasteiger partial charge on any atom is -0.481 e. The molecule has 26 heavy (non-hydrogen) atoms. The van der Waals surface area contributed by atoms with Gasteiger partial charge in [0.2, 0.25) is 10.0 Å². The number of unbranched alkanes of at least 4 members (excludes halogenated alkanes) is 1. The number of carbonyl (C=O) groups is 1. The van der Waals surface area contributed by atoms with E-state index < -0.39 is 34.0 Å². The number of halogens is 1. The first-order valence-electron chi connectivity index (χ1n) is 8.62. The average molecular weight is 385 g/mol. The van der Waals surface area contributed by atoms with Gasteiger partial charge in [-0.15, -0.1) is 0 Å². The predicted molar refractivity (Wildman–Crippen MR) is 94.5 cm³/mol. The second-order valence-corrected chi connectivity index (χ2v) is 8.20. The lowest BCUT2D eigenvalue weighted by Gasteiger charge is -2.22. The molecule has 0 radical (unpaired) electrons. The van der Waals surface area contributed by atoms with Crippen molar-refractivity contribution in [1.29, 1.82) is 0 Å². The summed E-state index contributed by atoms with van der Waals surface area (Å²) < 4.78 is 40.5. The molecule has 0 amide bonds. The Kier molecular flexibility index (Phi) is 7.31. The molecule has 0 spiro atoms. The van der Waals surface area contributed by atoms with Gasteiger partial charge in [0.25, 0.3) is 0 Å². The number of carboxylic acid groups (broad SMARTS) is 1. The molecule has 144 valence electrons. The summed E-state index contributed by atoms with van der Waals surface area (Å²) in [4.78, 5) is 10.4. The lowest BCUT2D eigenvalue weighted by molar-refractivity contribution is -0.137. The third kappa shape index (κ3) is 5.89. The van der Waals surface area contributed by atoms with Gasteiger partial charge in [0.05, 0.1) is 11.0 Å². The third-order valence-electron chi connectivity index (χ3n) is 4.55. The predicted octanol–water partition coefficient (Wildman–Crippen LogP) is 2.44. The second kappa shape index (κ2) is 9.25. The van der Waals surface area contributed by atoms with Gasteiger partial charge in [0.1, 0.15) is 5.82 Å². The van der Waals surface area contributed by atoms with Crippen molar-refractivity contribution in [2.24, 2.45) is 5.92 Å². The van der Waals surface area contributed by atoms with Crippen molar-refractivity contribution >= 4 is 16.0 Å². The lowest BCUT2D eigenvalue weighted by Crippen LogP contribution is -2.39.